The molecule has 0 aromatic heterocycles. The first-order valence-corrected chi connectivity index (χ1v) is 5.81. The average Bonchev–Trinajstić information content (AvgIpc) is 2.25. The van der Waals surface area contributed by atoms with Gasteiger partial charge in [-0.2, -0.15) is 0 Å². The van der Waals surface area contributed by atoms with E-state index in [1.165, 1.54) is 19.3 Å². The third-order valence-corrected chi connectivity index (χ3v) is 2.18. The molecule has 1 heteroatoms. The molecule has 0 radical (unpaired) electrons. The van der Waals surface area contributed by atoms with Crippen LogP contribution in [0.5, 0.6) is 0 Å². The smallest absolute Gasteiger partial charge is 0.132 e. The highest BCUT2D eigenvalue weighted by molar-refractivity contribution is 5.78. The lowest BCUT2D eigenvalue weighted by Crippen LogP contribution is -2.13. The van der Waals surface area contributed by atoms with Gasteiger partial charge >= 0.3 is 0 Å². The molecule has 0 amide bonds. The Balaban J connectivity index is 0. The summed E-state index contributed by atoms with van der Waals surface area (Å²) in [7, 11) is 0. The number of hydrogen-bond acceptors (Lipinski definition) is 1. The summed E-state index contributed by atoms with van der Waals surface area (Å²) in [5, 5.41) is 0. The Morgan fingerprint density at radius 3 is 1.54 bits per heavy atom. The number of carbonyl (C=O) groups excluding carboxylic acids is 1. The number of rotatable bonds is 1. The van der Waals surface area contributed by atoms with Gasteiger partial charge in [-0.05, 0) is 19.8 Å². The second kappa shape index (κ2) is 11.7. The molecule has 0 bridgehead atoms. The summed E-state index contributed by atoms with van der Waals surface area (Å²) in [4.78, 5) is 10.8. The highest BCUT2D eigenvalue weighted by Gasteiger charge is 2.16. The molecular weight excluding hydrogens is 160 g/mol. The molecule has 1 nitrogen and oxygen atoms in total. The fourth-order valence-electron chi connectivity index (χ4n) is 1.51. The molecular formula is C12H26O. The zero-order valence-corrected chi connectivity index (χ0v) is 10.0. The van der Waals surface area contributed by atoms with E-state index in [0.717, 1.165) is 12.8 Å². The van der Waals surface area contributed by atoms with E-state index in [1.807, 2.05) is 27.7 Å². The van der Waals surface area contributed by atoms with Crippen LogP contribution in [0.4, 0.5) is 0 Å². The van der Waals surface area contributed by atoms with Gasteiger partial charge in [-0.25, -0.2) is 0 Å². The standard InChI is InChI=1S/C8H14O.2C2H6/c1-7(9)8-5-3-2-4-6-8;2*1-2/h8H,2-6H2,1H3;2*1-2H3. The van der Waals surface area contributed by atoms with Gasteiger partial charge in [0.1, 0.15) is 5.78 Å². The fourth-order valence-corrected chi connectivity index (χ4v) is 1.51. The van der Waals surface area contributed by atoms with Crippen LogP contribution in [0.3, 0.4) is 0 Å². The Bertz CT molecular complexity index is 102. The molecule has 0 aromatic rings. The molecule has 0 aliphatic heterocycles. The predicted octanol–water partition coefficient (Wildman–Crippen LogP) is 4.21. The molecule has 13 heavy (non-hydrogen) atoms. The van der Waals surface area contributed by atoms with Crippen LogP contribution in [0.15, 0.2) is 0 Å². The quantitative estimate of drug-likeness (QED) is 0.599. The molecule has 0 aromatic carbocycles. The minimum atomic E-state index is 0.398. The van der Waals surface area contributed by atoms with E-state index < -0.39 is 0 Å². The highest BCUT2D eigenvalue weighted by atomic mass is 16.1. The van der Waals surface area contributed by atoms with E-state index in [4.69, 9.17) is 0 Å². The Hall–Kier alpha value is -0.330. The average molecular weight is 186 g/mol. The summed E-state index contributed by atoms with van der Waals surface area (Å²) in [6.07, 6.45) is 6.17. The van der Waals surface area contributed by atoms with Crippen LogP contribution in [0.2, 0.25) is 0 Å². The van der Waals surface area contributed by atoms with Crippen molar-refractivity contribution in [2.75, 3.05) is 0 Å². The first-order chi connectivity index (χ1) is 6.30. The molecule has 1 aliphatic rings. The van der Waals surface area contributed by atoms with E-state index in [0.29, 0.717) is 11.7 Å². The van der Waals surface area contributed by atoms with Gasteiger partial charge in [-0.3, -0.25) is 4.79 Å². The Labute approximate surface area is 83.9 Å². The molecule has 80 valence electrons. The number of Topliss-reactive ketones (excluding diaryl/α,β-unsaturated/α-hetero) is 1. The summed E-state index contributed by atoms with van der Waals surface area (Å²) < 4.78 is 0. The topological polar surface area (TPSA) is 17.1 Å². The van der Waals surface area contributed by atoms with Gasteiger partial charge in [0.25, 0.3) is 0 Å². The van der Waals surface area contributed by atoms with Gasteiger partial charge in [0.05, 0.1) is 0 Å². The van der Waals surface area contributed by atoms with Crippen LogP contribution in [0, 0.1) is 5.92 Å². The molecule has 0 N–H and O–H groups in total. The lowest BCUT2D eigenvalue weighted by Gasteiger charge is -2.17. The zero-order chi connectivity index (χ0) is 10.7. The minimum Gasteiger partial charge on any atom is -0.300 e. The van der Waals surface area contributed by atoms with Crippen molar-refractivity contribution in [1.82, 2.24) is 0 Å². The second-order valence-electron chi connectivity index (χ2n) is 2.95. The van der Waals surface area contributed by atoms with Crippen molar-refractivity contribution in [2.45, 2.75) is 66.7 Å². The van der Waals surface area contributed by atoms with Crippen molar-refractivity contribution in [1.29, 1.82) is 0 Å². The Kier molecular flexibility index (Phi) is 13.6. The van der Waals surface area contributed by atoms with Gasteiger partial charge < -0.3 is 0 Å². The Morgan fingerprint density at radius 2 is 1.31 bits per heavy atom. The maximum Gasteiger partial charge on any atom is 0.132 e. The first-order valence-electron chi connectivity index (χ1n) is 5.81. The van der Waals surface area contributed by atoms with Crippen LogP contribution < -0.4 is 0 Å². The van der Waals surface area contributed by atoms with E-state index in [1.54, 1.807) is 6.92 Å². The highest BCUT2D eigenvalue weighted by Crippen LogP contribution is 2.23. The van der Waals surface area contributed by atoms with Gasteiger partial charge in [0.2, 0.25) is 0 Å². The van der Waals surface area contributed by atoms with Crippen molar-refractivity contribution in [3.05, 3.63) is 0 Å². The normalized spacial score (nSPS) is 16.1. The van der Waals surface area contributed by atoms with Gasteiger partial charge in [0.15, 0.2) is 0 Å². The van der Waals surface area contributed by atoms with Crippen LogP contribution in [-0.4, -0.2) is 5.78 Å². The molecule has 0 spiro atoms. The van der Waals surface area contributed by atoms with Crippen molar-refractivity contribution < 1.29 is 4.79 Å². The molecule has 1 aliphatic carbocycles. The fraction of sp³-hybridized carbons (Fsp3) is 0.917. The van der Waals surface area contributed by atoms with Crippen LogP contribution in [0.25, 0.3) is 0 Å². The van der Waals surface area contributed by atoms with E-state index in [9.17, 15) is 4.79 Å². The van der Waals surface area contributed by atoms with E-state index >= 15 is 0 Å². The molecule has 0 saturated heterocycles. The number of hydrogen-bond donors (Lipinski definition) is 0. The molecule has 0 heterocycles. The molecule has 1 saturated carbocycles. The summed E-state index contributed by atoms with van der Waals surface area (Å²) >= 11 is 0. The number of carbonyl (C=O) groups is 1. The van der Waals surface area contributed by atoms with E-state index in [2.05, 4.69) is 0 Å². The van der Waals surface area contributed by atoms with Gasteiger partial charge in [0, 0.05) is 5.92 Å². The lowest BCUT2D eigenvalue weighted by molar-refractivity contribution is -0.121. The van der Waals surface area contributed by atoms with Crippen LogP contribution >= 0.6 is 0 Å². The molecule has 0 atom stereocenters. The summed E-state index contributed by atoms with van der Waals surface area (Å²) in [6, 6.07) is 0. The van der Waals surface area contributed by atoms with Crippen molar-refractivity contribution in [3.63, 3.8) is 0 Å². The van der Waals surface area contributed by atoms with Gasteiger partial charge in [-0.1, -0.05) is 47.0 Å². The maximum atomic E-state index is 10.8. The largest absolute Gasteiger partial charge is 0.300 e. The summed E-state index contributed by atoms with van der Waals surface area (Å²) in [6.45, 7) is 9.72. The lowest BCUT2D eigenvalue weighted by atomic mass is 9.87. The SMILES string of the molecule is CC.CC.CC(=O)C1CCCCC1. The van der Waals surface area contributed by atoms with E-state index in [-0.39, 0.29) is 0 Å². The number of ketones is 1. The Morgan fingerprint density at radius 1 is 0.923 bits per heavy atom. The molecule has 1 rings (SSSR count). The monoisotopic (exact) mass is 186 g/mol. The second-order valence-corrected chi connectivity index (χ2v) is 2.95. The molecule has 1 fully saturated rings. The zero-order valence-electron chi connectivity index (χ0n) is 10.0. The third kappa shape index (κ3) is 8.01. The minimum absolute atomic E-state index is 0.398. The predicted molar refractivity (Wildman–Crippen MR) is 60.0 cm³/mol. The molecule has 0 unspecified atom stereocenters. The summed E-state index contributed by atoms with van der Waals surface area (Å²) in [5.74, 6) is 0.813. The van der Waals surface area contributed by atoms with Crippen LogP contribution in [-0.2, 0) is 4.79 Å². The van der Waals surface area contributed by atoms with Crippen LogP contribution in [0.1, 0.15) is 66.7 Å². The third-order valence-electron chi connectivity index (χ3n) is 2.18. The van der Waals surface area contributed by atoms with Crippen molar-refractivity contribution in [2.24, 2.45) is 5.92 Å². The first kappa shape index (κ1) is 15.2. The van der Waals surface area contributed by atoms with Crippen molar-refractivity contribution >= 4 is 5.78 Å². The maximum absolute atomic E-state index is 10.8. The van der Waals surface area contributed by atoms with Crippen molar-refractivity contribution in [3.8, 4) is 0 Å². The summed E-state index contributed by atoms with van der Waals surface area (Å²) in [5.41, 5.74) is 0. The van der Waals surface area contributed by atoms with Gasteiger partial charge in [-0.15, -0.1) is 0 Å².